The van der Waals surface area contributed by atoms with Gasteiger partial charge in [0, 0.05) is 24.2 Å². The second-order valence-corrected chi connectivity index (χ2v) is 6.90. The molecular weight excluding hydrogens is 340 g/mol. The van der Waals surface area contributed by atoms with Crippen molar-refractivity contribution in [3.8, 4) is 5.75 Å². The Hall–Kier alpha value is -2.82. The molecule has 1 aliphatic rings. The topological polar surface area (TPSA) is 58.6 Å². The first kappa shape index (κ1) is 19.0. The average molecular weight is 366 g/mol. The van der Waals surface area contributed by atoms with Crippen LogP contribution in [0, 0.1) is 5.92 Å². The van der Waals surface area contributed by atoms with E-state index < -0.39 is 0 Å². The number of nitrogens with one attached hydrogen (secondary N) is 1. The predicted octanol–water partition coefficient (Wildman–Crippen LogP) is 3.49. The lowest BCUT2D eigenvalue weighted by atomic mass is 10.0. The summed E-state index contributed by atoms with van der Waals surface area (Å²) in [5.74, 6) is 0.282. The molecule has 3 rings (SSSR count). The van der Waals surface area contributed by atoms with E-state index in [9.17, 15) is 9.59 Å². The molecular formula is C22H26N2O3. The zero-order valence-electron chi connectivity index (χ0n) is 16.1. The number of hydrogen-bond acceptors (Lipinski definition) is 3. The van der Waals surface area contributed by atoms with Gasteiger partial charge in [0.15, 0.2) is 0 Å². The molecule has 1 N–H and O–H groups in total. The van der Waals surface area contributed by atoms with Crippen molar-refractivity contribution < 1.29 is 14.3 Å². The molecule has 2 aromatic carbocycles. The van der Waals surface area contributed by atoms with E-state index in [4.69, 9.17) is 4.74 Å². The lowest BCUT2D eigenvalue weighted by Crippen LogP contribution is -2.34. The highest BCUT2D eigenvalue weighted by Crippen LogP contribution is 2.28. The first-order valence-electron chi connectivity index (χ1n) is 9.36. The Balaban J connectivity index is 1.66. The zero-order valence-corrected chi connectivity index (χ0v) is 16.1. The van der Waals surface area contributed by atoms with E-state index in [0.29, 0.717) is 6.54 Å². The summed E-state index contributed by atoms with van der Waals surface area (Å²) in [5.41, 5.74) is 3.00. The van der Waals surface area contributed by atoms with Gasteiger partial charge in [-0.2, -0.15) is 0 Å². The molecule has 5 heteroatoms. The number of aryl methyl sites for hydroxylation is 1. The molecule has 5 nitrogen and oxygen atoms in total. The Labute approximate surface area is 160 Å². The number of nitrogens with zero attached hydrogens (tertiary/aromatic N) is 1. The summed E-state index contributed by atoms with van der Waals surface area (Å²) < 4.78 is 5.37. The standard InChI is InChI=1S/C22H26N2O3/c1-4-16-9-11-18(12-10-16)24-14-17(13-21(24)25)22(26)23-15(2)19-7-5-6-8-20(19)27-3/h5-12,15,17H,4,13-14H2,1-3H3,(H,23,26)/t15-,17-/m1/s1. The highest BCUT2D eigenvalue weighted by molar-refractivity contribution is 6.00. The minimum atomic E-state index is -0.347. The van der Waals surface area contributed by atoms with Gasteiger partial charge in [-0.05, 0) is 37.1 Å². The van der Waals surface area contributed by atoms with Crippen molar-refractivity contribution in [2.75, 3.05) is 18.6 Å². The largest absolute Gasteiger partial charge is 0.496 e. The molecule has 0 bridgehead atoms. The van der Waals surface area contributed by atoms with Crippen LogP contribution in [0.5, 0.6) is 5.75 Å². The third-order valence-electron chi connectivity index (χ3n) is 5.12. The second kappa shape index (κ2) is 8.25. The van der Waals surface area contributed by atoms with Gasteiger partial charge in [-0.3, -0.25) is 9.59 Å². The third-order valence-corrected chi connectivity index (χ3v) is 5.12. The maximum atomic E-state index is 12.7. The molecule has 2 atom stereocenters. The van der Waals surface area contributed by atoms with Crippen LogP contribution in [0.25, 0.3) is 0 Å². The monoisotopic (exact) mass is 366 g/mol. The maximum absolute atomic E-state index is 12.7. The van der Waals surface area contributed by atoms with Crippen LogP contribution in [0.3, 0.4) is 0 Å². The van der Waals surface area contributed by atoms with Crippen LogP contribution in [-0.4, -0.2) is 25.5 Å². The Morgan fingerprint density at radius 2 is 1.93 bits per heavy atom. The van der Waals surface area contributed by atoms with E-state index in [1.54, 1.807) is 12.0 Å². The molecule has 0 saturated carbocycles. The van der Waals surface area contributed by atoms with E-state index in [-0.39, 0.29) is 30.2 Å². The number of methoxy groups -OCH3 is 1. The van der Waals surface area contributed by atoms with E-state index >= 15 is 0 Å². The predicted molar refractivity (Wildman–Crippen MR) is 106 cm³/mol. The van der Waals surface area contributed by atoms with Gasteiger partial charge in [-0.15, -0.1) is 0 Å². The van der Waals surface area contributed by atoms with Crippen LogP contribution in [0.2, 0.25) is 0 Å². The van der Waals surface area contributed by atoms with Crippen molar-refractivity contribution in [3.63, 3.8) is 0 Å². The normalized spacial score (nSPS) is 17.7. The Bertz CT molecular complexity index is 817. The summed E-state index contributed by atoms with van der Waals surface area (Å²) in [5, 5.41) is 3.03. The molecule has 0 unspecified atom stereocenters. The van der Waals surface area contributed by atoms with Crippen molar-refractivity contribution in [1.29, 1.82) is 0 Å². The quantitative estimate of drug-likeness (QED) is 0.851. The fraction of sp³-hybridized carbons (Fsp3) is 0.364. The average Bonchev–Trinajstić information content (AvgIpc) is 3.09. The zero-order chi connectivity index (χ0) is 19.4. The van der Waals surface area contributed by atoms with Crippen molar-refractivity contribution in [1.82, 2.24) is 5.32 Å². The minimum absolute atomic E-state index is 0.00987. The molecule has 1 heterocycles. The molecule has 1 aliphatic heterocycles. The summed E-state index contributed by atoms with van der Waals surface area (Å²) in [6.07, 6.45) is 1.19. The van der Waals surface area contributed by atoms with E-state index in [1.165, 1.54) is 5.56 Å². The summed E-state index contributed by atoms with van der Waals surface area (Å²) in [4.78, 5) is 26.9. The molecule has 0 spiro atoms. The maximum Gasteiger partial charge on any atom is 0.227 e. The molecule has 27 heavy (non-hydrogen) atoms. The molecule has 142 valence electrons. The van der Waals surface area contributed by atoms with Gasteiger partial charge in [-0.1, -0.05) is 37.3 Å². The van der Waals surface area contributed by atoms with Gasteiger partial charge in [0.2, 0.25) is 11.8 Å². The molecule has 0 aromatic heterocycles. The van der Waals surface area contributed by atoms with Crippen LogP contribution in [0.4, 0.5) is 5.69 Å². The summed E-state index contributed by atoms with van der Waals surface area (Å²) >= 11 is 0. The highest BCUT2D eigenvalue weighted by Gasteiger charge is 2.35. The van der Waals surface area contributed by atoms with Gasteiger partial charge < -0.3 is 15.0 Å². The van der Waals surface area contributed by atoms with Gasteiger partial charge in [0.25, 0.3) is 0 Å². The van der Waals surface area contributed by atoms with E-state index in [1.807, 2.05) is 55.5 Å². The Kier molecular flexibility index (Phi) is 5.79. The van der Waals surface area contributed by atoms with Crippen molar-refractivity contribution in [3.05, 3.63) is 59.7 Å². The number of benzene rings is 2. The lowest BCUT2D eigenvalue weighted by molar-refractivity contribution is -0.126. The third kappa shape index (κ3) is 4.13. The molecule has 2 aromatic rings. The Morgan fingerprint density at radius 3 is 2.59 bits per heavy atom. The number of ether oxygens (including phenoxy) is 1. The molecule has 0 radical (unpaired) electrons. The highest BCUT2D eigenvalue weighted by atomic mass is 16.5. The fourth-order valence-electron chi connectivity index (χ4n) is 3.48. The van der Waals surface area contributed by atoms with Gasteiger partial charge >= 0.3 is 0 Å². The fourth-order valence-corrected chi connectivity index (χ4v) is 3.48. The molecule has 0 aliphatic carbocycles. The summed E-state index contributed by atoms with van der Waals surface area (Å²) in [7, 11) is 1.62. The number of carbonyl (C=O) groups excluding carboxylic acids is 2. The van der Waals surface area contributed by atoms with E-state index in [2.05, 4.69) is 12.2 Å². The molecule has 1 saturated heterocycles. The first-order valence-corrected chi connectivity index (χ1v) is 9.36. The lowest BCUT2D eigenvalue weighted by Gasteiger charge is -2.20. The Morgan fingerprint density at radius 1 is 1.22 bits per heavy atom. The van der Waals surface area contributed by atoms with Gasteiger partial charge in [0.1, 0.15) is 5.75 Å². The second-order valence-electron chi connectivity index (χ2n) is 6.90. The van der Waals surface area contributed by atoms with Crippen LogP contribution in [-0.2, 0) is 16.0 Å². The SMILES string of the molecule is CCc1ccc(N2C[C@H](C(=O)N[C@H](C)c3ccccc3OC)CC2=O)cc1. The smallest absolute Gasteiger partial charge is 0.227 e. The van der Waals surface area contributed by atoms with Crippen LogP contribution in [0.1, 0.15) is 37.4 Å². The summed E-state index contributed by atoms with van der Waals surface area (Å²) in [6.45, 7) is 4.43. The van der Waals surface area contributed by atoms with Crippen LogP contribution in [0.15, 0.2) is 48.5 Å². The number of rotatable bonds is 6. The number of para-hydroxylation sites is 1. The van der Waals surface area contributed by atoms with Gasteiger partial charge in [0.05, 0.1) is 19.1 Å². The number of anilines is 1. The molecule has 2 amide bonds. The van der Waals surface area contributed by atoms with Crippen LogP contribution >= 0.6 is 0 Å². The molecule has 1 fully saturated rings. The summed E-state index contributed by atoms with van der Waals surface area (Å²) in [6, 6.07) is 15.4. The van der Waals surface area contributed by atoms with E-state index in [0.717, 1.165) is 23.4 Å². The van der Waals surface area contributed by atoms with Gasteiger partial charge in [-0.25, -0.2) is 0 Å². The number of amides is 2. The number of hydrogen-bond donors (Lipinski definition) is 1. The minimum Gasteiger partial charge on any atom is -0.496 e. The first-order chi connectivity index (χ1) is 13.0. The van der Waals surface area contributed by atoms with Crippen molar-refractivity contribution in [2.24, 2.45) is 5.92 Å². The van der Waals surface area contributed by atoms with Crippen LogP contribution < -0.4 is 15.0 Å². The number of carbonyl (C=O) groups is 2. The van der Waals surface area contributed by atoms with Crippen molar-refractivity contribution >= 4 is 17.5 Å². The van der Waals surface area contributed by atoms with Crippen molar-refractivity contribution in [2.45, 2.75) is 32.7 Å².